The van der Waals surface area contributed by atoms with Crippen LogP contribution in [0.1, 0.15) is 16.8 Å². The molecular formula is C19H19ClN2O4S. The molecule has 2 N–H and O–H groups in total. The van der Waals surface area contributed by atoms with E-state index < -0.39 is 11.9 Å². The summed E-state index contributed by atoms with van der Waals surface area (Å²) < 4.78 is 4.96. The Morgan fingerprint density at radius 2 is 1.70 bits per heavy atom. The van der Waals surface area contributed by atoms with Gasteiger partial charge in [-0.15, -0.1) is 11.8 Å². The first-order valence-electron chi connectivity index (χ1n) is 8.14. The Morgan fingerprint density at radius 3 is 2.33 bits per heavy atom. The van der Waals surface area contributed by atoms with Crippen LogP contribution in [0.25, 0.3) is 0 Å². The summed E-state index contributed by atoms with van der Waals surface area (Å²) in [5.41, 5.74) is 1.00. The Balaban J connectivity index is 1.67. The number of hydrogen-bond donors (Lipinski definition) is 2. The average Bonchev–Trinajstić information content (AvgIpc) is 2.68. The third-order valence-electron chi connectivity index (χ3n) is 3.41. The van der Waals surface area contributed by atoms with Crippen LogP contribution >= 0.6 is 23.4 Å². The Kier molecular flexibility index (Phi) is 8.16. The van der Waals surface area contributed by atoms with Gasteiger partial charge in [0.05, 0.1) is 6.42 Å². The molecule has 0 aliphatic carbocycles. The minimum Gasteiger partial charge on any atom is -0.456 e. The largest absolute Gasteiger partial charge is 0.456 e. The molecule has 0 saturated heterocycles. The zero-order valence-corrected chi connectivity index (χ0v) is 16.2. The lowest BCUT2D eigenvalue weighted by Crippen LogP contribution is -2.21. The van der Waals surface area contributed by atoms with E-state index in [-0.39, 0.29) is 18.9 Å². The van der Waals surface area contributed by atoms with Gasteiger partial charge in [-0.2, -0.15) is 0 Å². The summed E-state index contributed by atoms with van der Waals surface area (Å²) >= 11 is 7.32. The summed E-state index contributed by atoms with van der Waals surface area (Å²) in [4.78, 5) is 36.0. The second kappa shape index (κ2) is 10.6. The summed E-state index contributed by atoms with van der Waals surface area (Å²) in [5, 5.41) is 5.78. The topological polar surface area (TPSA) is 84.5 Å². The average molecular weight is 407 g/mol. The molecule has 0 saturated carbocycles. The van der Waals surface area contributed by atoms with Gasteiger partial charge in [0.25, 0.3) is 11.8 Å². The maximum atomic E-state index is 11.8. The van der Waals surface area contributed by atoms with Crippen LogP contribution in [-0.4, -0.2) is 37.2 Å². The molecule has 2 aromatic rings. The smallest absolute Gasteiger partial charge is 0.307 e. The minimum atomic E-state index is -0.443. The third kappa shape index (κ3) is 7.32. The number of hydrogen-bond acceptors (Lipinski definition) is 5. The lowest BCUT2D eigenvalue weighted by molar-refractivity contribution is -0.146. The number of ether oxygens (including phenoxy) is 1. The molecule has 0 unspecified atom stereocenters. The molecule has 0 aromatic heterocycles. The van der Waals surface area contributed by atoms with Gasteiger partial charge in [0.2, 0.25) is 0 Å². The van der Waals surface area contributed by atoms with Gasteiger partial charge >= 0.3 is 5.97 Å². The van der Waals surface area contributed by atoms with Crippen molar-refractivity contribution >= 4 is 46.8 Å². The van der Waals surface area contributed by atoms with Gasteiger partial charge in [0.15, 0.2) is 6.61 Å². The summed E-state index contributed by atoms with van der Waals surface area (Å²) in [5.74, 6) is -0.551. The molecule has 8 heteroatoms. The number of benzene rings is 2. The molecule has 27 heavy (non-hydrogen) atoms. The maximum absolute atomic E-state index is 11.8. The van der Waals surface area contributed by atoms with Gasteiger partial charge in [0.1, 0.15) is 0 Å². The standard InChI is InChI=1S/C19H19ClN2O4S/c1-21-19(25)13-2-6-15(7-3-13)22-17(23)12-26-18(24)10-11-27-16-8-4-14(20)5-9-16/h2-9H,10-12H2,1H3,(H,21,25)(H,22,23). The highest BCUT2D eigenvalue weighted by atomic mass is 35.5. The normalized spacial score (nSPS) is 10.1. The van der Waals surface area contributed by atoms with Crippen molar-refractivity contribution < 1.29 is 19.1 Å². The number of esters is 1. The minimum absolute atomic E-state index is 0.196. The fourth-order valence-electron chi connectivity index (χ4n) is 2.05. The molecule has 0 aliphatic heterocycles. The molecule has 0 spiro atoms. The Morgan fingerprint density at radius 1 is 1.04 bits per heavy atom. The fourth-order valence-corrected chi connectivity index (χ4v) is 3.01. The quantitative estimate of drug-likeness (QED) is 0.518. The first-order valence-corrected chi connectivity index (χ1v) is 9.50. The van der Waals surface area contributed by atoms with Crippen LogP contribution in [-0.2, 0) is 14.3 Å². The van der Waals surface area contributed by atoms with E-state index in [1.54, 1.807) is 43.4 Å². The van der Waals surface area contributed by atoms with Crippen LogP contribution in [0.5, 0.6) is 0 Å². The zero-order valence-electron chi connectivity index (χ0n) is 14.7. The molecule has 0 atom stereocenters. The van der Waals surface area contributed by atoms with E-state index in [0.29, 0.717) is 22.0 Å². The molecule has 0 fully saturated rings. The van der Waals surface area contributed by atoms with Gasteiger partial charge in [-0.1, -0.05) is 11.6 Å². The molecule has 0 aliphatic rings. The van der Waals surface area contributed by atoms with Gasteiger partial charge in [0, 0.05) is 34.0 Å². The SMILES string of the molecule is CNC(=O)c1ccc(NC(=O)COC(=O)CCSc2ccc(Cl)cc2)cc1. The van der Waals surface area contributed by atoms with Crippen LogP contribution in [0.3, 0.4) is 0 Å². The molecule has 2 amide bonds. The van der Waals surface area contributed by atoms with Crippen LogP contribution in [0.2, 0.25) is 5.02 Å². The van der Waals surface area contributed by atoms with Crippen molar-refractivity contribution in [2.75, 3.05) is 24.7 Å². The van der Waals surface area contributed by atoms with E-state index in [1.165, 1.54) is 11.8 Å². The monoisotopic (exact) mass is 406 g/mol. The number of amides is 2. The van der Waals surface area contributed by atoms with Gasteiger partial charge in [-0.25, -0.2) is 0 Å². The Labute approximate surface area is 166 Å². The van der Waals surface area contributed by atoms with E-state index in [9.17, 15) is 14.4 Å². The molecule has 0 radical (unpaired) electrons. The summed E-state index contributed by atoms with van der Waals surface area (Å²) in [7, 11) is 1.54. The van der Waals surface area contributed by atoms with Crippen molar-refractivity contribution in [1.82, 2.24) is 5.32 Å². The van der Waals surface area contributed by atoms with Crippen molar-refractivity contribution in [2.45, 2.75) is 11.3 Å². The van der Waals surface area contributed by atoms with Crippen LogP contribution in [0.4, 0.5) is 5.69 Å². The van der Waals surface area contributed by atoms with E-state index in [0.717, 1.165) is 4.90 Å². The first-order chi connectivity index (χ1) is 13.0. The molecule has 142 valence electrons. The second-order valence-corrected chi connectivity index (χ2v) is 7.02. The predicted molar refractivity (Wildman–Crippen MR) is 106 cm³/mol. The second-order valence-electron chi connectivity index (χ2n) is 5.42. The lowest BCUT2D eigenvalue weighted by Gasteiger charge is -2.07. The van der Waals surface area contributed by atoms with Gasteiger partial charge in [-0.05, 0) is 48.5 Å². The van der Waals surface area contributed by atoms with Crippen molar-refractivity contribution in [3.63, 3.8) is 0 Å². The summed E-state index contributed by atoms with van der Waals surface area (Å²) in [6.07, 6.45) is 0.196. The van der Waals surface area contributed by atoms with E-state index in [4.69, 9.17) is 16.3 Å². The number of halogens is 1. The van der Waals surface area contributed by atoms with E-state index in [1.807, 2.05) is 12.1 Å². The van der Waals surface area contributed by atoms with Crippen LogP contribution < -0.4 is 10.6 Å². The lowest BCUT2D eigenvalue weighted by atomic mass is 10.2. The van der Waals surface area contributed by atoms with Crippen molar-refractivity contribution in [2.24, 2.45) is 0 Å². The molecular weight excluding hydrogens is 388 g/mol. The zero-order chi connectivity index (χ0) is 19.6. The number of rotatable bonds is 8. The van der Waals surface area contributed by atoms with Gasteiger partial charge in [-0.3, -0.25) is 14.4 Å². The maximum Gasteiger partial charge on any atom is 0.307 e. The summed E-state index contributed by atoms with van der Waals surface area (Å²) in [6, 6.07) is 13.7. The number of thioether (sulfide) groups is 1. The number of carbonyl (C=O) groups is 3. The number of carbonyl (C=O) groups excluding carboxylic acids is 3. The predicted octanol–water partition coefficient (Wildman–Crippen LogP) is 3.36. The fraction of sp³-hybridized carbons (Fsp3) is 0.211. The highest BCUT2D eigenvalue weighted by Gasteiger charge is 2.09. The van der Waals surface area contributed by atoms with Crippen LogP contribution in [0, 0.1) is 0 Å². The molecule has 0 heterocycles. The third-order valence-corrected chi connectivity index (χ3v) is 4.68. The Bertz CT molecular complexity index is 794. The van der Waals surface area contributed by atoms with E-state index >= 15 is 0 Å². The van der Waals surface area contributed by atoms with E-state index in [2.05, 4.69) is 10.6 Å². The highest BCUT2D eigenvalue weighted by Crippen LogP contribution is 2.21. The van der Waals surface area contributed by atoms with Crippen molar-refractivity contribution in [3.05, 3.63) is 59.1 Å². The summed E-state index contributed by atoms with van der Waals surface area (Å²) in [6.45, 7) is -0.359. The highest BCUT2D eigenvalue weighted by molar-refractivity contribution is 7.99. The molecule has 2 aromatic carbocycles. The Hall–Kier alpha value is -2.51. The first kappa shape index (κ1) is 20.8. The van der Waals surface area contributed by atoms with Crippen molar-refractivity contribution in [3.8, 4) is 0 Å². The van der Waals surface area contributed by atoms with Crippen molar-refractivity contribution in [1.29, 1.82) is 0 Å². The number of anilines is 1. The number of nitrogens with one attached hydrogen (secondary N) is 2. The molecule has 6 nitrogen and oxygen atoms in total. The van der Waals surface area contributed by atoms with Crippen LogP contribution in [0.15, 0.2) is 53.4 Å². The molecule has 2 rings (SSSR count). The van der Waals surface area contributed by atoms with Gasteiger partial charge < -0.3 is 15.4 Å². The molecule has 0 bridgehead atoms.